The van der Waals surface area contributed by atoms with Crippen LogP contribution in [0.1, 0.15) is 37.4 Å². The standard InChI is InChI=1S/C15H24ClN3OS/c1-10(2)19-8-4-5-12(9-19)15(20)17-7-6-13-18-11(3)14(16)21-13/h10,12H,4-9H2,1-3H3,(H,17,20)/t12-/m0/s1. The summed E-state index contributed by atoms with van der Waals surface area (Å²) in [5, 5.41) is 4.04. The van der Waals surface area contributed by atoms with Crippen LogP contribution >= 0.6 is 22.9 Å². The van der Waals surface area contributed by atoms with Gasteiger partial charge in [0.15, 0.2) is 0 Å². The van der Waals surface area contributed by atoms with Crippen LogP contribution in [0.2, 0.25) is 4.34 Å². The first kappa shape index (κ1) is 16.7. The minimum atomic E-state index is 0.128. The highest BCUT2D eigenvalue weighted by Crippen LogP contribution is 2.23. The molecule has 6 heteroatoms. The van der Waals surface area contributed by atoms with Crippen LogP contribution < -0.4 is 5.32 Å². The van der Waals surface area contributed by atoms with Crippen LogP contribution in [0.25, 0.3) is 0 Å². The topological polar surface area (TPSA) is 45.2 Å². The van der Waals surface area contributed by atoms with Crippen LogP contribution in [0.5, 0.6) is 0 Å². The van der Waals surface area contributed by atoms with Crippen LogP contribution in [-0.2, 0) is 11.2 Å². The van der Waals surface area contributed by atoms with Crippen molar-refractivity contribution >= 4 is 28.8 Å². The number of halogens is 1. The predicted octanol–water partition coefficient (Wildman–Crippen LogP) is 2.88. The summed E-state index contributed by atoms with van der Waals surface area (Å²) in [5.74, 6) is 0.308. The second-order valence-corrected chi connectivity index (χ2v) is 7.62. The summed E-state index contributed by atoms with van der Waals surface area (Å²) >= 11 is 7.50. The van der Waals surface area contributed by atoms with Crippen molar-refractivity contribution in [3.05, 3.63) is 15.0 Å². The number of aryl methyl sites for hydroxylation is 1. The van der Waals surface area contributed by atoms with E-state index in [2.05, 4.69) is 29.0 Å². The molecule has 2 heterocycles. The zero-order chi connectivity index (χ0) is 15.4. The fraction of sp³-hybridized carbons (Fsp3) is 0.733. The van der Waals surface area contributed by atoms with Gasteiger partial charge in [-0.3, -0.25) is 4.79 Å². The van der Waals surface area contributed by atoms with E-state index in [0.29, 0.717) is 12.6 Å². The Balaban J connectivity index is 1.76. The lowest BCUT2D eigenvalue weighted by atomic mass is 9.96. The summed E-state index contributed by atoms with van der Waals surface area (Å²) < 4.78 is 0.746. The number of nitrogens with one attached hydrogen (secondary N) is 1. The zero-order valence-corrected chi connectivity index (χ0v) is 14.6. The van der Waals surface area contributed by atoms with Gasteiger partial charge in [-0.05, 0) is 40.2 Å². The first-order valence-corrected chi connectivity index (χ1v) is 8.80. The third-order valence-electron chi connectivity index (χ3n) is 3.98. The summed E-state index contributed by atoms with van der Waals surface area (Å²) in [6, 6.07) is 0.515. The molecule has 2 rings (SSSR count). The molecule has 4 nitrogen and oxygen atoms in total. The summed E-state index contributed by atoms with van der Waals surface area (Å²) in [5.41, 5.74) is 0.878. The molecule has 21 heavy (non-hydrogen) atoms. The van der Waals surface area contributed by atoms with E-state index in [1.54, 1.807) is 0 Å². The van der Waals surface area contributed by atoms with Gasteiger partial charge in [0.05, 0.1) is 16.6 Å². The van der Waals surface area contributed by atoms with Crippen molar-refractivity contribution in [2.24, 2.45) is 5.92 Å². The molecule has 0 unspecified atom stereocenters. The van der Waals surface area contributed by atoms with Crippen LogP contribution in [-0.4, -0.2) is 41.5 Å². The number of hydrogen-bond acceptors (Lipinski definition) is 4. The molecule has 1 aromatic heterocycles. The Morgan fingerprint density at radius 3 is 2.95 bits per heavy atom. The van der Waals surface area contributed by atoms with Gasteiger partial charge in [0.1, 0.15) is 4.34 Å². The average molecular weight is 330 g/mol. The average Bonchev–Trinajstić information content (AvgIpc) is 2.77. The van der Waals surface area contributed by atoms with Gasteiger partial charge in [0, 0.05) is 25.6 Å². The van der Waals surface area contributed by atoms with Crippen LogP contribution in [0.4, 0.5) is 0 Å². The number of amides is 1. The number of carbonyl (C=O) groups is 1. The van der Waals surface area contributed by atoms with Crippen molar-refractivity contribution in [2.75, 3.05) is 19.6 Å². The Labute approximate surface area is 135 Å². The van der Waals surface area contributed by atoms with Gasteiger partial charge in [-0.2, -0.15) is 0 Å². The predicted molar refractivity (Wildman–Crippen MR) is 88.0 cm³/mol. The fourth-order valence-electron chi connectivity index (χ4n) is 2.66. The number of likely N-dealkylation sites (tertiary alicyclic amines) is 1. The maximum Gasteiger partial charge on any atom is 0.224 e. The number of aromatic nitrogens is 1. The molecule has 0 aliphatic carbocycles. The molecule has 0 bridgehead atoms. The highest BCUT2D eigenvalue weighted by molar-refractivity contribution is 7.16. The number of piperidine rings is 1. The first-order chi connectivity index (χ1) is 9.97. The fourth-order valence-corrected chi connectivity index (χ4v) is 3.76. The Morgan fingerprint density at radius 2 is 2.33 bits per heavy atom. The summed E-state index contributed by atoms with van der Waals surface area (Å²) in [6.45, 7) is 8.91. The monoisotopic (exact) mass is 329 g/mol. The number of rotatable bonds is 5. The van der Waals surface area contributed by atoms with E-state index in [4.69, 9.17) is 11.6 Å². The maximum atomic E-state index is 12.2. The van der Waals surface area contributed by atoms with Crippen LogP contribution in [0.3, 0.4) is 0 Å². The molecule has 0 spiro atoms. The Hall–Kier alpha value is -0.650. The van der Waals surface area contributed by atoms with E-state index in [0.717, 1.165) is 47.4 Å². The van der Waals surface area contributed by atoms with Gasteiger partial charge in [0.2, 0.25) is 5.91 Å². The molecule has 1 saturated heterocycles. The lowest BCUT2D eigenvalue weighted by molar-refractivity contribution is -0.126. The van der Waals surface area contributed by atoms with E-state index in [1.165, 1.54) is 11.3 Å². The van der Waals surface area contributed by atoms with Gasteiger partial charge in [0.25, 0.3) is 0 Å². The zero-order valence-electron chi connectivity index (χ0n) is 13.0. The molecule has 0 radical (unpaired) electrons. The van der Waals surface area contributed by atoms with Gasteiger partial charge in [-0.1, -0.05) is 11.6 Å². The van der Waals surface area contributed by atoms with Gasteiger partial charge < -0.3 is 10.2 Å². The minimum absolute atomic E-state index is 0.128. The second-order valence-electron chi connectivity index (χ2n) is 5.94. The number of carbonyl (C=O) groups excluding carboxylic acids is 1. The number of hydrogen-bond donors (Lipinski definition) is 1. The van der Waals surface area contributed by atoms with Crippen molar-refractivity contribution in [1.82, 2.24) is 15.2 Å². The molecule has 1 aliphatic rings. The Morgan fingerprint density at radius 1 is 1.57 bits per heavy atom. The molecule has 1 amide bonds. The van der Waals surface area contributed by atoms with E-state index >= 15 is 0 Å². The SMILES string of the molecule is Cc1nc(CCNC(=O)[C@H]2CCCN(C(C)C)C2)sc1Cl. The van der Waals surface area contributed by atoms with Crippen molar-refractivity contribution in [2.45, 2.75) is 46.1 Å². The quantitative estimate of drug-likeness (QED) is 0.903. The van der Waals surface area contributed by atoms with Crippen LogP contribution in [0.15, 0.2) is 0 Å². The van der Waals surface area contributed by atoms with E-state index in [1.807, 2.05) is 6.92 Å². The molecule has 0 aromatic carbocycles. The summed E-state index contributed by atoms with van der Waals surface area (Å²) in [4.78, 5) is 19.0. The molecule has 1 atom stereocenters. The maximum absolute atomic E-state index is 12.2. The summed E-state index contributed by atoms with van der Waals surface area (Å²) in [6.07, 6.45) is 2.86. The molecule has 1 fully saturated rings. The van der Waals surface area contributed by atoms with Gasteiger partial charge in [-0.15, -0.1) is 11.3 Å². The summed E-state index contributed by atoms with van der Waals surface area (Å²) in [7, 11) is 0. The van der Waals surface area contributed by atoms with E-state index in [-0.39, 0.29) is 11.8 Å². The first-order valence-electron chi connectivity index (χ1n) is 7.61. The normalized spacial score (nSPS) is 20.0. The molecule has 1 aliphatic heterocycles. The third-order valence-corrected chi connectivity index (χ3v) is 5.49. The highest BCUT2D eigenvalue weighted by atomic mass is 35.5. The minimum Gasteiger partial charge on any atom is -0.355 e. The molecular weight excluding hydrogens is 306 g/mol. The van der Waals surface area contributed by atoms with Crippen molar-refractivity contribution in [1.29, 1.82) is 0 Å². The largest absolute Gasteiger partial charge is 0.355 e. The molecule has 0 saturated carbocycles. The molecule has 1 N–H and O–H groups in total. The van der Waals surface area contributed by atoms with Crippen molar-refractivity contribution in [3.63, 3.8) is 0 Å². The Kier molecular flexibility index (Phi) is 6.02. The smallest absolute Gasteiger partial charge is 0.224 e. The van der Waals surface area contributed by atoms with Gasteiger partial charge >= 0.3 is 0 Å². The lowest BCUT2D eigenvalue weighted by Gasteiger charge is -2.34. The highest BCUT2D eigenvalue weighted by Gasteiger charge is 2.26. The molecule has 1 aromatic rings. The number of thiazole rings is 1. The molecule has 118 valence electrons. The second kappa shape index (κ2) is 7.56. The van der Waals surface area contributed by atoms with Crippen molar-refractivity contribution < 1.29 is 4.79 Å². The van der Waals surface area contributed by atoms with Crippen LogP contribution in [0, 0.1) is 12.8 Å². The lowest BCUT2D eigenvalue weighted by Crippen LogP contribution is -2.45. The van der Waals surface area contributed by atoms with E-state index in [9.17, 15) is 4.79 Å². The molecular formula is C15H24ClN3OS. The third kappa shape index (κ3) is 4.66. The Bertz CT molecular complexity index is 470. The van der Waals surface area contributed by atoms with Gasteiger partial charge in [-0.25, -0.2) is 4.98 Å². The number of nitrogens with zero attached hydrogens (tertiary/aromatic N) is 2. The van der Waals surface area contributed by atoms with E-state index < -0.39 is 0 Å². The van der Waals surface area contributed by atoms with Crippen molar-refractivity contribution in [3.8, 4) is 0 Å².